The second-order valence-electron chi connectivity index (χ2n) is 6.66. The summed E-state index contributed by atoms with van der Waals surface area (Å²) in [6.45, 7) is 0. The van der Waals surface area contributed by atoms with Gasteiger partial charge in [-0.1, -0.05) is 32.1 Å². The number of hydrogen-bond donors (Lipinski definition) is 0. The van der Waals surface area contributed by atoms with Gasteiger partial charge in [0, 0.05) is 0 Å². The van der Waals surface area contributed by atoms with Gasteiger partial charge in [-0.2, -0.15) is 0 Å². The van der Waals surface area contributed by atoms with Gasteiger partial charge in [0.1, 0.15) is 0 Å². The first-order chi connectivity index (χ1) is 6.86. The van der Waals surface area contributed by atoms with Gasteiger partial charge in [0.2, 0.25) is 0 Å². The Morgan fingerprint density at radius 1 is 0.786 bits per heavy atom. The van der Waals surface area contributed by atoms with Crippen LogP contribution in [0.1, 0.15) is 64.2 Å². The number of hydrogen-bond acceptors (Lipinski definition) is 0. The molecule has 2 atom stereocenters. The first-order valence-electron chi connectivity index (χ1n) is 6.86. The Bertz CT molecular complexity index is 253. The van der Waals surface area contributed by atoms with E-state index >= 15 is 0 Å². The first-order valence-corrected chi connectivity index (χ1v) is 6.86. The summed E-state index contributed by atoms with van der Waals surface area (Å²) in [7, 11) is 0. The molecule has 4 rings (SSSR count). The Labute approximate surface area is 87.5 Å². The minimum absolute atomic E-state index is 0.933. The third-order valence-electron chi connectivity index (χ3n) is 6.26. The fraction of sp³-hybridized carbons (Fsp3) is 1.00. The summed E-state index contributed by atoms with van der Waals surface area (Å²) in [6, 6.07) is 0. The monoisotopic (exact) mass is 190 g/mol. The fourth-order valence-electron chi connectivity index (χ4n) is 5.41. The molecule has 0 aromatic carbocycles. The average Bonchev–Trinajstić information content (AvgIpc) is 2.91. The molecule has 14 heavy (non-hydrogen) atoms. The van der Waals surface area contributed by atoms with Gasteiger partial charge in [0.25, 0.3) is 0 Å². The zero-order valence-electron chi connectivity index (χ0n) is 9.23. The summed E-state index contributed by atoms with van der Waals surface area (Å²) in [6.07, 6.45) is 15.9. The van der Waals surface area contributed by atoms with E-state index in [0.29, 0.717) is 0 Å². The van der Waals surface area contributed by atoms with Crippen LogP contribution < -0.4 is 0 Å². The molecule has 0 saturated heterocycles. The van der Waals surface area contributed by atoms with Crippen molar-refractivity contribution in [2.45, 2.75) is 64.2 Å². The summed E-state index contributed by atoms with van der Waals surface area (Å²) in [5, 5.41) is 0. The molecule has 0 heteroatoms. The van der Waals surface area contributed by atoms with E-state index in [1.165, 1.54) is 5.92 Å². The van der Waals surface area contributed by atoms with Crippen LogP contribution in [0.15, 0.2) is 0 Å². The molecule has 0 nitrogen and oxygen atoms in total. The van der Waals surface area contributed by atoms with E-state index in [9.17, 15) is 0 Å². The van der Waals surface area contributed by atoms with Gasteiger partial charge < -0.3 is 0 Å². The van der Waals surface area contributed by atoms with E-state index in [1.807, 2.05) is 0 Å². The molecule has 4 fully saturated rings. The van der Waals surface area contributed by atoms with E-state index in [-0.39, 0.29) is 0 Å². The number of fused-ring (bicyclic) bond motifs is 1. The molecule has 2 spiro atoms. The van der Waals surface area contributed by atoms with Gasteiger partial charge in [0.05, 0.1) is 0 Å². The smallest absolute Gasteiger partial charge is 0.0204 e. The van der Waals surface area contributed by atoms with Gasteiger partial charge >= 0.3 is 0 Å². The van der Waals surface area contributed by atoms with Crippen molar-refractivity contribution in [2.24, 2.45) is 22.7 Å². The van der Waals surface area contributed by atoms with Gasteiger partial charge in [-0.25, -0.2) is 0 Å². The Hall–Kier alpha value is 0. The molecule has 78 valence electrons. The normalized spacial score (nSPS) is 49.3. The van der Waals surface area contributed by atoms with Crippen LogP contribution in [0.25, 0.3) is 0 Å². The van der Waals surface area contributed by atoms with Gasteiger partial charge in [-0.3, -0.25) is 0 Å². The van der Waals surface area contributed by atoms with Crippen LogP contribution in [0.3, 0.4) is 0 Å². The van der Waals surface area contributed by atoms with Crippen LogP contribution in [-0.4, -0.2) is 0 Å². The van der Waals surface area contributed by atoms with Gasteiger partial charge in [0.15, 0.2) is 0 Å². The van der Waals surface area contributed by atoms with Crippen molar-refractivity contribution < 1.29 is 0 Å². The highest BCUT2D eigenvalue weighted by Gasteiger charge is 2.76. The minimum atomic E-state index is 0.933. The highest BCUT2D eigenvalue weighted by Crippen LogP contribution is 2.86. The second-order valence-corrected chi connectivity index (χ2v) is 6.66. The summed E-state index contributed by atoms with van der Waals surface area (Å²) in [4.78, 5) is 0. The topological polar surface area (TPSA) is 0 Å². The van der Waals surface area contributed by atoms with Crippen molar-refractivity contribution in [2.75, 3.05) is 0 Å². The summed E-state index contributed by atoms with van der Waals surface area (Å²) < 4.78 is 0. The van der Waals surface area contributed by atoms with E-state index in [1.54, 1.807) is 64.2 Å². The van der Waals surface area contributed by atoms with Crippen molar-refractivity contribution in [1.29, 1.82) is 0 Å². The van der Waals surface area contributed by atoms with Crippen molar-refractivity contribution >= 4 is 0 Å². The van der Waals surface area contributed by atoms with Crippen molar-refractivity contribution in [3.8, 4) is 0 Å². The zero-order chi connectivity index (χ0) is 9.23. The molecule has 1 unspecified atom stereocenters. The highest BCUT2D eigenvalue weighted by molar-refractivity contribution is 5.26. The van der Waals surface area contributed by atoms with Crippen LogP contribution >= 0.6 is 0 Å². The Morgan fingerprint density at radius 2 is 1.57 bits per heavy atom. The van der Waals surface area contributed by atoms with Crippen molar-refractivity contribution in [3.05, 3.63) is 0 Å². The predicted octanol–water partition coefficient (Wildman–Crippen LogP) is 4.15. The molecule has 0 N–H and O–H groups in total. The van der Waals surface area contributed by atoms with Crippen LogP contribution in [0.5, 0.6) is 0 Å². The third kappa shape index (κ3) is 0.823. The van der Waals surface area contributed by atoms with Crippen molar-refractivity contribution in [1.82, 2.24) is 0 Å². The first kappa shape index (κ1) is 8.19. The summed E-state index contributed by atoms with van der Waals surface area (Å²) >= 11 is 0. The quantitative estimate of drug-likeness (QED) is 0.583. The lowest BCUT2D eigenvalue weighted by atomic mass is 9.78. The van der Waals surface area contributed by atoms with E-state index in [4.69, 9.17) is 0 Å². The molecule has 0 heterocycles. The standard InChI is InChI=1S/C14H22/c1-2-5-11(4-1)12-6-3-7-14(12)10-13(14)8-9-13/h11-12H,1-10H2/t12?,14-/m1/s1. The molecular weight excluding hydrogens is 168 g/mol. The maximum atomic E-state index is 1.65. The fourth-order valence-corrected chi connectivity index (χ4v) is 5.41. The van der Waals surface area contributed by atoms with E-state index in [2.05, 4.69) is 0 Å². The van der Waals surface area contributed by atoms with E-state index in [0.717, 1.165) is 16.7 Å². The highest BCUT2D eigenvalue weighted by atomic mass is 14.8. The van der Waals surface area contributed by atoms with Crippen LogP contribution in [-0.2, 0) is 0 Å². The molecule has 0 aromatic rings. The molecular formula is C14H22. The lowest BCUT2D eigenvalue weighted by Crippen LogP contribution is -2.19. The maximum Gasteiger partial charge on any atom is -0.0204 e. The van der Waals surface area contributed by atoms with Crippen LogP contribution in [0.2, 0.25) is 0 Å². The molecule has 4 saturated carbocycles. The van der Waals surface area contributed by atoms with Crippen LogP contribution in [0, 0.1) is 22.7 Å². The SMILES string of the molecule is C1CCC(C2CCC[C@@]23CC32CC2)C1. The molecule has 0 aromatic heterocycles. The Balaban J connectivity index is 1.60. The summed E-state index contributed by atoms with van der Waals surface area (Å²) in [5.74, 6) is 2.35. The molecule has 4 aliphatic carbocycles. The van der Waals surface area contributed by atoms with Crippen LogP contribution in [0.4, 0.5) is 0 Å². The second kappa shape index (κ2) is 2.39. The largest absolute Gasteiger partial charge is 0.0530 e. The Morgan fingerprint density at radius 3 is 2.21 bits per heavy atom. The van der Waals surface area contributed by atoms with Gasteiger partial charge in [-0.15, -0.1) is 0 Å². The molecule has 4 aliphatic rings. The van der Waals surface area contributed by atoms with Gasteiger partial charge in [-0.05, 0) is 54.8 Å². The average molecular weight is 190 g/mol. The summed E-state index contributed by atoms with van der Waals surface area (Å²) in [5.41, 5.74) is 1.89. The van der Waals surface area contributed by atoms with Crippen molar-refractivity contribution in [3.63, 3.8) is 0 Å². The Kier molecular flexibility index (Phi) is 1.40. The number of rotatable bonds is 1. The van der Waals surface area contributed by atoms with E-state index < -0.39 is 0 Å². The minimum Gasteiger partial charge on any atom is -0.0530 e. The maximum absolute atomic E-state index is 1.65. The lowest BCUT2D eigenvalue weighted by molar-refractivity contribution is 0.222. The molecule has 0 radical (unpaired) electrons. The molecule has 0 bridgehead atoms. The zero-order valence-corrected chi connectivity index (χ0v) is 9.23. The third-order valence-corrected chi connectivity index (χ3v) is 6.26. The lowest BCUT2D eigenvalue weighted by Gasteiger charge is -2.26. The molecule has 0 amide bonds. The predicted molar refractivity (Wildman–Crippen MR) is 58.0 cm³/mol. The molecule has 0 aliphatic heterocycles.